The summed E-state index contributed by atoms with van der Waals surface area (Å²) in [5.74, 6) is 4.17. The Morgan fingerprint density at radius 2 is 2.08 bits per heavy atom. The number of guanidine groups is 1. The van der Waals surface area contributed by atoms with Gasteiger partial charge in [0.15, 0.2) is 0 Å². The van der Waals surface area contributed by atoms with Crippen LogP contribution in [-0.2, 0) is 0 Å². The molecule has 13 heavy (non-hydrogen) atoms. The normalized spacial score (nSPS) is 10.8. The SMILES string of the molecule is CC#CN=C(NCC(C)C)N(C)C. The molecule has 0 heterocycles. The molecule has 1 N–H and O–H groups in total. The fourth-order valence-electron chi connectivity index (χ4n) is 0.702. The van der Waals surface area contributed by atoms with E-state index in [4.69, 9.17) is 0 Å². The fourth-order valence-corrected chi connectivity index (χ4v) is 0.702. The molecule has 0 aromatic rings. The minimum Gasteiger partial charge on any atom is -0.355 e. The average Bonchev–Trinajstić information content (AvgIpc) is 2.03. The Kier molecular flexibility index (Phi) is 5.79. The van der Waals surface area contributed by atoms with Crippen LogP contribution in [0.1, 0.15) is 20.8 Å². The largest absolute Gasteiger partial charge is 0.355 e. The Morgan fingerprint density at radius 3 is 2.46 bits per heavy atom. The number of nitrogens with zero attached hydrogens (tertiary/aromatic N) is 2. The first-order valence-corrected chi connectivity index (χ1v) is 4.48. The summed E-state index contributed by atoms with van der Waals surface area (Å²) in [6.07, 6.45) is 0. The van der Waals surface area contributed by atoms with Gasteiger partial charge in [0.1, 0.15) is 0 Å². The third-order valence-corrected chi connectivity index (χ3v) is 1.37. The summed E-state index contributed by atoms with van der Waals surface area (Å²) in [6, 6.07) is 2.69. The van der Waals surface area contributed by atoms with Crippen molar-refractivity contribution in [2.24, 2.45) is 10.9 Å². The molecule has 0 aliphatic rings. The van der Waals surface area contributed by atoms with Crippen molar-refractivity contribution in [1.82, 2.24) is 10.2 Å². The molecule has 0 spiro atoms. The second-order valence-electron chi connectivity index (χ2n) is 3.47. The van der Waals surface area contributed by atoms with Crippen LogP contribution in [0.3, 0.4) is 0 Å². The summed E-state index contributed by atoms with van der Waals surface area (Å²) >= 11 is 0. The number of aliphatic imine (C=N–C) groups is 1. The van der Waals surface area contributed by atoms with E-state index in [2.05, 4.69) is 36.1 Å². The van der Waals surface area contributed by atoms with Gasteiger partial charge in [-0.25, -0.2) is 0 Å². The predicted octanol–water partition coefficient (Wildman–Crippen LogP) is 1.13. The molecule has 0 saturated heterocycles. The monoisotopic (exact) mass is 181 g/mol. The summed E-state index contributed by atoms with van der Waals surface area (Å²) in [4.78, 5) is 6.01. The zero-order valence-corrected chi connectivity index (χ0v) is 9.18. The van der Waals surface area contributed by atoms with Crippen LogP contribution in [0.5, 0.6) is 0 Å². The molecule has 0 amide bonds. The number of hydrogen-bond acceptors (Lipinski definition) is 1. The summed E-state index contributed by atoms with van der Waals surface area (Å²) in [5, 5.41) is 3.23. The summed E-state index contributed by atoms with van der Waals surface area (Å²) in [7, 11) is 3.90. The molecule has 0 aromatic carbocycles. The lowest BCUT2D eigenvalue weighted by Gasteiger charge is -2.17. The minimum atomic E-state index is 0.611. The summed E-state index contributed by atoms with van der Waals surface area (Å²) in [5.41, 5.74) is 0. The second kappa shape index (κ2) is 6.36. The maximum absolute atomic E-state index is 4.08. The lowest BCUT2D eigenvalue weighted by atomic mass is 10.2. The van der Waals surface area contributed by atoms with Gasteiger partial charge in [-0.2, -0.15) is 4.99 Å². The quantitative estimate of drug-likeness (QED) is 0.393. The Hall–Kier alpha value is -1.17. The Bertz CT molecular complexity index is 218. The minimum absolute atomic E-state index is 0.611. The highest BCUT2D eigenvalue weighted by Gasteiger charge is 2.00. The molecular weight excluding hydrogens is 162 g/mol. The Balaban J connectivity index is 4.16. The molecule has 0 aliphatic heterocycles. The van der Waals surface area contributed by atoms with Gasteiger partial charge in [-0.1, -0.05) is 19.8 Å². The van der Waals surface area contributed by atoms with Gasteiger partial charge in [0.05, 0.1) is 0 Å². The van der Waals surface area contributed by atoms with Crippen LogP contribution in [0.2, 0.25) is 0 Å². The van der Waals surface area contributed by atoms with Crippen molar-refractivity contribution in [3.05, 3.63) is 0 Å². The van der Waals surface area contributed by atoms with Crippen LogP contribution < -0.4 is 5.32 Å². The van der Waals surface area contributed by atoms with Gasteiger partial charge in [0.25, 0.3) is 0 Å². The van der Waals surface area contributed by atoms with Crippen molar-refractivity contribution in [2.75, 3.05) is 20.6 Å². The van der Waals surface area contributed by atoms with E-state index < -0.39 is 0 Å². The predicted molar refractivity (Wildman–Crippen MR) is 57.4 cm³/mol. The molecule has 0 radical (unpaired) electrons. The molecule has 0 unspecified atom stereocenters. The molecule has 0 aliphatic carbocycles. The van der Waals surface area contributed by atoms with Gasteiger partial charge in [-0.05, 0) is 12.8 Å². The van der Waals surface area contributed by atoms with Crippen molar-refractivity contribution in [3.8, 4) is 12.0 Å². The second-order valence-corrected chi connectivity index (χ2v) is 3.47. The van der Waals surface area contributed by atoms with Crippen LogP contribution in [0.25, 0.3) is 0 Å². The van der Waals surface area contributed by atoms with Crippen LogP contribution in [0.15, 0.2) is 4.99 Å². The maximum Gasteiger partial charge on any atom is 0.207 e. The van der Waals surface area contributed by atoms with E-state index in [0.717, 1.165) is 12.5 Å². The highest BCUT2D eigenvalue weighted by Crippen LogP contribution is 1.88. The first kappa shape index (κ1) is 11.8. The summed E-state index contributed by atoms with van der Waals surface area (Å²) < 4.78 is 0. The van der Waals surface area contributed by atoms with Gasteiger partial charge < -0.3 is 10.2 Å². The van der Waals surface area contributed by atoms with Crippen molar-refractivity contribution in [3.63, 3.8) is 0 Å². The molecule has 3 nitrogen and oxygen atoms in total. The maximum atomic E-state index is 4.08. The Labute approximate surface area is 81.2 Å². The lowest BCUT2D eigenvalue weighted by Crippen LogP contribution is -2.38. The van der Waals surface area contributed by atoms with E-state index in [1.54, 1.807) is 6.92 Å². The summed E-state index contributed by atoms with van der Waals surface area (Å²) in [6.45, 7) is 7.01. The Morgan fingerprint density at radius 1 is 1.46 bits per heavy atom. The van der Waals surface area contributed by atoms with E-state index in [1.807, 2.05) is 19.0 Å². The first-order valence-electron chi connectivity index (χ1n) is 4.48. The van der Waals surface area contributed by atoms with Gasteiger partial charge in [-0.15, -0.1) is 0 Å². The highest BCUT2D eigenvalue weighted by atomic mass is 15.3. The average molecular weight is 181 g/mol. The molecule has 0 bridgehead atoms. The topological polar surface area (TPSA) is 27.6 Å². The van der Waals surface area contributed by atoms with Gasteiger partial charge >= 0.3 is 0 Å². The highest BCUT2D eigenvalue weighted by molar-refractivity contribution is 5.80. The van der Waals surface area contributed by atoms with Crippen LogP contribution in [0.4, 0.5) is 0 Å². The van der Waals surface area contributed by atoms with E-state index in [0.29, 0.717) is 5.92 Å². The zero-order chi connectivity index (χ0) is 10.3. The van der Waals surface area contributed by atoms with Gasteiger partial charge in [0.2, 0.25) is 5.96 Å². The third-order valence-electron chi connectivity index (χ3n) is 1.37. The number of hydrogen-bond donors (Lipinski definition) is 1. The van der Waals surface area contributed by atoms with Crippen LogP contribution in [0, 0.1) is 17.9 Å². The van der Waals surface area contributed by atoms with E-state index in [-0.39, 0.29) is 0 Å². The van der Waals surface area contributed by atoms with Crippen LogP contribution >= 0.6 is 0 Å². The van der Waals surface area contributed by atoms with Gasteiger partial charge in [0, 0.05) is 26.7 Å². The van der Waals surface area contributed by atoms with E-state index in [9.17, 15) is 0 Å². The molecule has 0 saturated carbocycles. The smallest absolute Gasteiger partial charge is 0.207 e. The molecule has 0 aromatic heterocycles. The number of rotatable bonds is 2. The standard InChI is InChI=1S/C10H19N3/c1-6-7-11-10(13(4)5)12-8-9(2)3/h9H,8H2,1-5H3,(H,11,12). The van der Waals surface area contributed by atoms with Crippen molar-refractivity contribution < 1.29 is 0 Å². The molecule has 0 rings (SSSR count). The number of nitrogens with one attached hydrogen (secondary N) is 1. The van der Waals surface area contributed by atoms with E-state index in [1.165, 1.54) is 0 Å². The molecule has 74 valence electrons. The third kappa shape index (κ3) is 6.03. The van der Waals surface area contributed by atoms with Crippen molar-refractivity contribution in [1.29, 1.82) is 0 Å². The first-order chi connectivity index (χ1) is 6.07. The van der Waals surface area contributed by atoms with Crippen LogP contribution in [-0.4, -0.2) is 31.5 Å². The zero-order valence-electron chi connectivity index (χ0n) is 9.18. The van der Waals surface area contributed by atoms with Crippen molar-refractivity contribution in [2.45, 2.75) is 20.8 Å². The lowest BCUT2D eigenvalue weighted by molar-refractivity contribution is 0.551. The molecule has 3 heteroatoms. The van der Waals surface area contributed by atoms with Gasteiger partial charge in [-0.3, -0.25) is 0 Å². The fraction of sp³-hybridized carbons (Fsp3) is 0.700. The molecule has 0 atom stereocenters. The van der Waals surface area contributed by atoms with E-state index >= 15 is 0 Å². The van der Waals surface area contributed by atoms with Crippen molar-refractivity contribution >= 4 is 5.96 Å². The molecular formula is C10H19N3. The molecule has 0 fully saturated rings.